The number of phosphoric ester groups is 2. The zero-order valence-corrected chi connectivity index (χ0v) is 56.9. The van der Waals surface area contributed by atoms with Crippen molar-refractivity contribution in [3.63, 3.8) is 0 Å². The van der Waals surface area contributed by atoms with Crippen molar-refractivity contribution in [3.05, 3.63) is 0 Å². The molecule has 0 heterocycles. The summed E-state index contributed by atoms with van der Waals surface area (Å²) in [5.41, 5.74) is 0. The summed E-state index contributed by atoms with van der Waals surface area (Å²) in [6, 6.07) is 0. The molecule has 0 saturated heterocycles. The first-order valence-electron chi connectivity index (χ1n) is 34.4. The highest BCUT2D eigenvalue weighted by atomic mass is 31.2. The second-order valence-electron chi connectivity index (χ2n) is 25.1. The number of carbonyl (C=O) groups is 4. The van der Waals surface area contributed by atoms with E-state index in [1.54, 1.807) is 0 Å². The van der Waals surface area contributed by atoms with Gasteiger partial charge in [0.05, 0.1) is 26.4 Å². The summed E-state index contributed by atoms with van der Waals surface area (Å²) in [5, 5.41) is 10.5. The van der Waals surface area contributed by atoms with Crippen LogP contribution >= 0.6 is 15.6 Å². The summed E-state index contributed by atoms with van der Waals surface area (Å²) in [6.45, 7) is 11.7. The maximum Gasteiger partial charge on any atom is 0.472 e. The molecule has 504 valence electrons. The van der Waals surface area contributed by atoms with Crippen LogP contribution in [0.25, 0.3) is 0 Å². The largest absolute Gasteiger partial charge is 0.472 e. The zero-order valence-electron chi connectivity index (χ0n) is 55.1. The Bertz CT molecular complexity index is 1680. The minimum atomic E-state index is -4.95. The first-order chi connectivity index (χ1) is 40.8. The summed E-state index contributed by atoms with van der Waals surface area (Å²) >= 11 is 0. The van der Waals surface area contributed by atoms with E-state index in [0.29, 0.717) is 25.7 Å². The summed E-state index contributed by atoms with van der Waals surface area (Å²) in [6.07, 6.45) is 39.1. The maximum atomic E-state index is 13.0. The van der Waals surface area contributed by atoms with Crippen molar-refractivity contribution in [1.82, 2.24) is 0 Å². The first kappa shape index (κ1) is 83.1. The monoisotopic (exact) mass is 1250 g/mol. The van der Waals surface area contributed by atoms with E-state index >= 15 is 0 Å². The highest BCUT2D eigenvalue weighted by Gasteiger charge is 2.30. The number of hydrogen-bond donors (Lipinski definition) is 3. The van der Waals surface area contributed by atoms with Crippen LogP contribution < -0.4 is 0 Å². The normalized spacial score (nSPS) is 14.6. The second-order valence-corrected chi connectivity index (χ2v) is 28.0. The fourth-order valence-corrected chi connectivity index (χ4v) is 11.4. The molecule has 3 unspecified atom stereocenters. The molecule has 0 bridgehead atoms. The van der Waals surface area contributed by atoms with E-state index in [1.807, 2.05) is 0 Å². The predicted octanol–water partition coefficient (Wildman–Crippen LogP) is 18.3. The minimum Gasteiger partial charge on any atom is -0.462 e. The quantitative estimate of drug-likeness (QED) is 0.0222. The Morgan fingerprint density at radius 3 is 0.894 bits per heavy atom. The van der Waals surface area contributed by atoms with E-state index in [2.05, 4.69) is 48.5 Å². The van der Waals surface area contributed by atoms with Gasteiger partial charge >= 0.3 is 39.5 Å². The smallest absolute Gasteiger partial charge is 0.462 e. The van der Waals surface area contributed by atoms with E-state index in [0.717, 1.165) is 120 Å². The number of unbranched alkanes of at least 4 members (excludes halogenated alkanes) is 31. The Kier molecular flexibility index (Phi) is 55.9. The number of aliphatic hydroxyl groups excluding tert-OH is 1. The number of ether oxygens (including phenoxy) is 4. The van der Waals surface area contributed by atoms with Crippen LogP contribution in [0.15, 0.2) is 0 Å². The highest BCUT2D eigenvalue weighted by Crippen LogP contribution is 2.45. The van der Waals surface area contributed by atoms with E-state index in [4.69, 9.17) is 37.0 Å². The molecule has 19 heteroatoms. The molecule has 85 heavy (non-hydrogen) atoms. The molecule has 0 aromatic carbocycles. The number of carbonyl (C=O) groups excluding carboxylic acids is 4. The minimum absolute atomic E-state index is 0.102. The van der Waals surface area contributed by atoms with Gasteiger partial charge in [0.1, 0.15) is 19.3 Å². The molecule has 0 spiro atoms. The molecule has 0 aliphatic heterocycles. The summed E-state index contributed by atoms with van der Waals surface area (Å²) in [4.78, 5) is 72.2. The molecule has 0 fully saturated rings. The average molecular weight is 1260 g/mol. The third-order valence-corrected chi connectivity index (χ3v) is 17.4. The third-order valence-electron chi connectivity index (χ3n) is 15.5. The molecule has 17 nitrogen and oxygen atoms in total. The van der Waals surface area contributed by atoms with Gasteiger partial charge in [0.15, 0.2) is 12.2 Å². The molecule has 0 aromatic heterocycles. The van der Waals surface area contributed by atoms with Crippen molar-refractivity contribution < 1.29 is 80.2 Å². The number of hydrogen-bond acceptors (Lipinski definition) is 15. The summed E-state index contributed by atoms with van der Waals surface area (Å²) in [5.74, 6) is 0.118. The Balaban J connectivity index is 5.22. The molecule has 6 atom stereocenters. The van der Waals surface area contributed by atoms with Gasteiger partial charge in [-0.25, -0.2) is 9.13 Å². The van der Waals surface area contributed by atoms with Gasteiger partial charge < -0.3 is 33.8 Å². The number of esters is 4. The molecule has 0 amide bonds. The SMILES string of the molecule is CCCCCCCCCC(=O)OC[C@H](COP(=O)(O)OC[C@H](O)COP(=O)(O)OC[C@@H](COC(=O)CCCCCCCCCCCCCC(C)C)OC(=O)CCCCCCCCCCCCCC(C)C)OC(=O)CCCCCCCCC(C)CC. The van der Waals surface area contributed by atoms with Crippen molar-refractivity contribution in [3.8, 4) is 0 Å². The van der Waals surface area contributed by atoms with Crippen LogP contribution in [0.4, 0.5) is 0 Å². The van der Waals surface area contributed by atoms with Gasteiger partial charge in [-0.3, -0.25) is 37.3 Å². The van der Waals surface area contributed by atoms with Gasteiger partial charge in [-0.2, -0.15) is 0 Å². The van der Waals surface area contributed by atoms with E-state index in [9.17, 15) is 43.2 Å². The third kappa shape index (κ3) is 59.5. The van der Waals surface area contributed by atoms with Gasteiger partial charge in [-0.1, -0.05) is 273 Å². The molecular formula is C66H128O17P2. The predicted molar refractivity (Wildman–Crippen MR) is 340 cm³/mol. The Hall–Kier alpha value is -1.94. The Morgan fingerprint density at radius 1 is 0.341 bits per heavy atom. The molecule has 0 aliphatic rings. The van der Waals surface area contributed by atoms with Crippen LogP contribution in [-0.2, 0) is 65.4 Å². The molecule has 0 saturated carbocycles. The zero-order chi connectivity index (χ0) is 63.1. The molecule has 3 N–H and O–H groups in total. The van der Waals surface area contributed by atoms with E-state index in [-0.39, 0.29) is 25.7 Å². The molecular weight excluding hydrogens is 1130 g/mol. The molecule has 0 aromatic rings. The molecule has 0 radical (unpaired) electrons. The van der Waals surface area contributed by atoms with Crippen molar-refractivity contribution in [2.24, 2.45) is 17.8 Å². The lowest BCUT2D eigenvalue weighted by Crippen LogP contribution is -2.30. The first-order valence-corrected chi connectivity index (χ1v) is 37.4. The summed E-state index contributed by atoms with van der Waals surface area (Å²) in [7, 11) is -9.89. The Morgan fingerprint density at radius 2 is 0.600 bits per heavy atom. The number of phosphoric acid groups is 2. The molecule has 0 rings (SSSR count). The van der Waals surface area contributed by atoms with Crippen LogP contribution in [0.3, 0.4) is 0 Å². The lowest BCUT2D eigenvalue weighted by Gasteiger charge is -2.21. The van der Waals surface area contributed by atoms with Gasteiger partial charge in [0.25, 0.3) is 0 Å². The number of rotatable bonds is 64. The Labute approximate surface area is 517 Å². The highest BCUT2D eigenvalue weighted by molar-refractivity contribution is 7.47. The van der Waals surface area contributed by atoms with Crippen molar-refractivity contribution in [2.75, 3.05) is 39.6 Å². The average Bonchev–Trinajstić information content (AvgIpc) is 3.56. The number of aliphatic hydroxyl groups is 1. The van der Waals surface area contributed by atoms with Crippen LogP contribution in [0.2, 0.25) is 0 Å². The van der Waals surface area contributed by atoms with Gasteiger partial charge in [-0.05, 0) is 43.4 Å². The lowest BCUT2D eigenvalue weighted by atomic mass is 10.00. The van der Waals surface area contributed by atoms with Gasteiger partial charge in [0.2, 0.25) is 0 Å². The molecule has 0 aliphatic carbocycles. The van der Waals surface area contributed by atoms with Crippen molar-refractivity contribution >= 4 is 39.5 Å². The van der Waals surface area contributed by atoms with Crippen molar-refractivity contribution in [1.29, 1.82) is 0 Å². The lowest BCUT2D eigenvalue weighted by molar-refractivity contribution is -0.161. The van der Waals surface area contributed by atoms with Crippen molar-refractivity contribution in [2.45, 2.75) is 343 Å². The van der Waals surface area contributed by atoms with E-state index < -0.39 is 97.5 Å². The van der Waals surface area contributed by atoms with Crippen LogP contribution in [0.5, 0.6) is 0 Å². The van der Waals surface area contributed by atoms with E-state index in [1.165, 1.54) is 122 Å². The van der Waals surface area contributed by atoms with Gasteiger partial charge in [-0.15, -0.1) is 0 Å². The fourth-order valence-electron chi connectivity index (χ4n) is 9.80. The maximum absolute atomic E-state index is 13.0. The summed E-state index contributed by atoms with van der Waals surface area (Å²) < 4.78 is 68.0. The van der Waals surface area contributed by atoms with Crippen LogP contribution in [-0.4, -0.2) is 96.7 Å². The van der Waals surface area contributed by atoms with Gasteiger partial charge in [0, 0.05) is 25.7 Å². The van der Waals surface area contributed by atoms with Crippen LogP contribution in [0, 0.1) is 17.8 Å². The fraction of sp³-hybridized carbons (Fsp3) is 0.939. The van der Waals surface area contributed by atoms with Crippen LogP contribution in [0.1, 0.15) is 325 Å². The topological polar surface area (TPSA) is 237 Å². The standard InChI is InChI=1S/C66H128O17P2/c1-8-10-11-12-23-33-40-47-63(68)76-53-62(83-66(71)50-43-36-29-28-32-39-46-59(7)9-2)56-81-85(74,75)79-52-60(67)51-78-84(72,73)80-55-61(82-65(70)49-42-35-27-22-18-14-16-20-25-31-38-45-58(5)6)54-77-64(69)48-41-34-26-21-17-13-15-19-24-30-37-44-57(3)4/h57-62,67H,8-56H2,1-7H3,(H,72,73)(H,74,75)/t59?,60-,61-,62-/m1/s1. The second kappa shape index (κ2) is 57.2.